The van der Waals surface area contributed by atoms with Gasteiger partial charge in [0.15, 0.2) is 6.10 Å². The summed E-state index contributed by atoms with van der Waals surface area (Å²) in [5.74, 6) is 1.09. The third kappa shape index (κ3) is 4.07. The summed E-state index contributed by atoms with van der Waals surface area (Å²) in [6.07, 6.45) is 1.24. The topological polar surface area (TPSA) is 111 Å². The monoisotopic (exact) mass is 460 g/mol. The molecule has 2 aliphatic rings. The van der Waals surface area contributed by atoms with Crippen molar-refractivity contribution in [2.45, 2.75) is 18.6 Å². The molecule has 2 aliphatic heterocycles. The molecular formula is C25H24N4O5. The normalized spacial score (nSPS) is 19.3. The number of anilines is 1. The van der Waals surface area contributed by atoms with Crippen LogP contribution in [0.5, 0.6) is 11.5 Å². The maximum Gasteiger partial charge on any atom is 0.262 e. The molecule has 0 saturated heterocycles. The van der Waals surface area contributed by atoms with Crippen LogP contribution >= 0.6 is 0 Å². The zero-order valence-corrected chi connectivity index (χ0v) is 18.6. The first-order chi connectivity index (χ1) is 16.5. The van der Waals surface area contributed by atoms with Crippen molar-refractivity contribution in [1.29, 1.82) is 0 Å². The number of nitrogens with two attached hydrogens (primary N) is 1. The van der Waals surface area contributed by atoms with Crippen molar-refractivity contribution in [2.75, 3.05) is 25.1 Å². The minimum atomic E-state index is -0.847. The second-order valence-electron chi connectivity index (χ2n) is 8.11. The fourth-order valence-electron chi connectivity index (χ4n) is 4.24. The minimum Gasteiger partial charge on any atom is -0.497 e. The Hall–Kier alpha value is -4.27. The summed E-state index contributed by atoms with van der Waals surface area (Å²) in [7, 11) is 1.61. The van der Waals surface area contributed by atoms with Crippen molar-refractivity contribution in [3.63, 3.8) is 0 Å². The minimum absolute atomic E-state index is 0.000748. The van der Waals surface area contributed by atoms with Gasteiger partial charge in [-0.1, -0.05) is 12.1 Å². The van der Waals surface area contributed by atoms with Crippen LogP contribution in [-0.2, 0) is 9.59 Å². The highest BCUT2D eigenvalue weighted by molar-refractivity contribution is 6.03. The first kappa shape index (κ1) is 21.6. The molecule has 9 nitrogen and oxygen atoms in total. The Morgan fingerprint density at radius 3 is 2.62 bits per heavy atom. The fraction of sp³-hybridized carbons (Fsp3) is 0.240. The predicted molar refractivity (Wildman–Crippen MR) is 125 cm³/mol. The van der Waals surface area contributed by atoms with Crippen LogP contribution in [0, 0.1) is 0 Å². The summed E-state index contributed by atoms with van der Waals surface area (Å²) < 4.78 is 16.6. The highest BCUT2D eigenvalue weighted by Gasteiger charge is 2.37. The maximum absolute atomic E-state index is 13.5. The van der Waals surface area contributed by atoms with Crippen LogP contribution < -0.4 is 20.1 Å². The maximum atomic E-state index is 13.5. The number of carbonyl (C=O) groups excluding carboxylic acids is 2. The Labute approximate surface area is 196 Å². The first-order valence-electron chi connectivity index (χ1n) is 10.9. The highest BCUT2D eigenvalue weighted by atomic mass is 16.5. The molecule has 0 unspecified atom stereocenters. The number of primary amides is 1. The van der Waals surface area contributed by atoms with E-state index in [4.69, 9.17) is 19.6 Å². The standard InChI is InChI=1S/C25H24N4O5/c1-32-17-10-8-16(9-11-17)18-13-20(21-7-4-12-33-21)29(27-18)24(30)15-28-14-23(25(26)31)34-22-6-3-2-5-19(22)28/h2-12,20,23H,13-15H2,1H3,(H2,26,31)/t20-,23+/m1/s1. The van der Waals surface area contributed by atoms with Crippen LogP contribution in [0.1, 0.15) is 23.8 Å². The van der Waals surface area contributed by atoms with Crippen LogP contribution in [0.25, 0.3) is 0 Å². The summed E-state index contributed by atoms with van der Waals surface area (Å²) in [4.78, 5) is 27.2. The molecule has 2 N–H and O–H groups in total. The van der Waals surface area contributed by atoms with Crippen LogP contribution in [0.2, 0.25) is 0 Å². The van der Waals surface area contributed by atoms with Crippen molar-refractivity contribution in [3.05, 3.63) is 78.3 Å². The van der Waals surface area contributed by atoms with Crippen LogP contribution in [0.4, 0.5) is 5.69 Å². The first-order valence-corrected chi connectivity index (χ1v) is 10.9. The summed E-state index contributed by atoms with van der Waals surface area (Å²) in [6, 6.07) is 18.1. The molecule has 0 spiro atoms. The van der Waals surface area contributed by atoms with Crippen molar-refractivity contribution in [2.24, 2.45) is 10.8 Å². The van der Waals surface area contributed by atoms with Gasteiger partial charge in [0.1, 0.15) is 23.3 Å². The second-order valence-corrected chi connectivity index (χ2v) is 8.11. The molecule has 2 amide bonds. The summed E-state index contributed by atoms with van der Waals surface area (Å²) in [5.41, 5.74) is 7.90. The number of amides is 2. The fourth-order valence-corrected chi connectivity index (χ4v) is 4.24. The van der Waals surface area contributed by atoms with Crippen molar-refractivity contribution in [1.82, 2.24) is 5.01 Å². The van der Waals surface area contributed by atoms with Gasteiger partial charge in [0, 0.05) is 6.42 Å². The Morgan fingerprint density at radius 2 is 1.91 bits per heavy atom. The SMILES string of the molecule is COc1ccc(C2=NN(C(=O)CN3C[C@@H](C(N)=O)Oc4ccccc43)[C@@H](c3ccco3)C2)cc1. The van der Waals surface area contributed by atoms with E-state index >= 15 is 0 Å². The number of hydrazone groups is 1. The third-order valence-electron chi connectivity index (χ3n) is 5.97. The number of methoxy groups -OCH3 is 1. The summed E-state index contributed by atoms with van der Waals surface area (Å²) in [6.45, 7) is 0.174. The molecule has 0 saturated carbocycles. The van der Waals surface area contributed by atoms with E-state index in [2.05, 4.69) is 5.10 Å². The molecule has 34 heavy (non-hydrogen) atoms. The molecule has 0 aliphatic carbocycles. The molecule has 5 rings (SSSR count). The van der Waals surface area contributed by atoms with Gasteiger partial charge in [0.05, 0.1) is 37.9 Å². The number of rotatable bonds is 6. The van der Waals surface area contributed by atoms with E-state index in [0.29, 0.717) is 17.9 Å². The van der Waals surface area contributed by atoms with Gasteiger partial charge in [-0.15, -0.1) is 0 Å². The molecule has 0 bridgehead atoms. The molecule has 3 aromatic rings. The van der Waals surface area contributed by atoms with E-state index in [9.17, 15) is 9.59 Å². The number of hydrogen-bond donors (Lipinski definition) is 1. The van der Waals surface area contributed by atoms with Gasteiger partial charge >= 0.3 is 0 Å². The highest BCUT2D eigenvalue weighted by Crippen LogP contribution is 2.36. The van der Waals surface area contributed by atoms with Gasteiger partial charge in [-0.25, -0.2) is 5.01 Å². The number of ether oxygens (including phenoxy) is 2. The lowest BCUT2D eigenvalue weighted by molar-refractivity contribution is -0.132. The lowest BCUT2D eigenvalue weighted by Gasteiger charge is -2.35. The quantitative estimate of drug-likeness (QED) is 0.606. The lowest BCUT2D eigenvalue weighted by atomic mass is 10.0. The Morgan fingerprint density at radius 1 is 1.12 bits per heavy atom. The molecule has 2 atom stereocenters. The van der Waals surface area contributed by atoms with Gasteiger partial charge in [-0.3, -0.25) is 9.59 Å². The number of furan rings is 1. The zero-order chi connectivity index (χ0) is 23.7. The average molecular weight is 460 g/mol. The van der Waals surface area contributed by atoms with E-state index in [0.717, 1.165) is 22.7 Å². The van der Waals surface area contributed by atoms with Crippen LogP contribution in [0.3, 0.4) is 0 Å². The molecular weight excluding hydrogens is 436 g/mol. The number of para-hydroxylation sites is 2. The van der Waals surface area contributed by atoms with E-state index in [1.807, 2.05) is 42.5 Å². The largest absolute Gasteiger partial charge is 0.497 e. The number of carbonyl (C=O) groups is 2. The molecule has 9 heteroatoms. The molecule has 3 heterocycles. The van der Waals surface area contributed by atoms with E-state index in [1.54, 1.807) is 36.5 Å². The average Bonchev–Trinajstić information content (AvgIpc) is 3.54. The molecule has 0 fully saturated rings. The smallest absolute Gasteiger partial charge is 0.262 e. The van der Waals surface area contributed by atoms with Gasteiger partial charge in [-0.2, -0.15) is 5.10 Å². The lowest BCUT2D eigenvalue weighted by Crippen LogP contribution is -2.50. The molecule has 0 radical (unpaired) electrons. The Bertz CT molecular complexity index is 1220. The summed E-state index contributed by atoms with van der Waals surface area (Å²) in [5, 5.41) is 6.14. The summed E-state index contributed by atoms with van der Waals surface area (Å²) >= 11 is 0. The van der Waals surface area contributed by atoms with E-state index < -0.39 is 12.0 Å². The van der Waals surface area contributed by atoms with Gasteiger partial charge in [0.25, 0.3) is 11.8 Å². The number of fused-ring (bicyclic) bond motifs is 1. The molecule has 174 valence electrons. The van der Waals surface area contributed by atoms with Gasteiger partial charge < -0.3 is 24.5 Å². The van der Waals surface area contributed by atoms with Crippen molar-refractivity contribution in [3.8, 4) is 11.5 Å². The number of benzene rings is 2. The van der Waals surface area contributed by atoms with Gasteiger partial charge in [0.2, 0.25) is 0 Å². The Kier molecular flexibility index (Phi) is 5.67. The van der Waals surface area contributed by atoms with Crippen molar-refractivity contribution < 1.29 is 23.5 Å². The molecule has 2 aromatic carbocycles. The second kappa shape index (κ2) is 8.93. The van der Waals surface area contributed by atoms with E-state index in [1.165, 1.54) is 5.01 Å². The third-order valence-corrected chi connectivity index (χ3v) is 5.97. The van der Waals surface area contributed by atoms with Crippen LogP contribution in [0.15, 0.2) is 76.4 Å². The molecule has 1 aromatic heterocycles. The zero-order valence-electron chi connectivity index (χ0n) is 18.6. The van der Waals surface area contributed by atoms with Crippen molar-refractivity contribution >= 4 is 23.2 Å². The predicted octanol–water partition coefficient (Wildman–Crippen LogP) is 2.72. The Balaban J connectivity index is 1.43. The van der Waals surface area contributed by atoms with Gasteiger partial charge in [-0.05, 0) is 54.1 Å². The number of nitrogens with zero attached hydrogens (tertiary/aromatic N) is 3. The number of hydrogen-bond acceptors (Lipinski definition) is 7. The van der Waals surface area contributed by atoms with E-state index in [-0.39, 0.29) is 25.0 Å². The van der Waals surface area contributed by atoms with Crippen LogP contribution in [-0.4, -0.2) is 48.8 Å².